The van der Waals surface area contributed by atoms with Gasteiger partial charge in [0.05, 0.1) is 16.1 Å². The van der Waals surface area contributed by atoms with Gasteiger partial charge in [-0.15, -0.1) is 23.1 Å². The van der Waals surface area contributed by atoms with E-state index in [1.807, 2.05) is 30.0 Å². The molecule has 1 aromatic carbocycles. The lowest BCUT2D eigenvalue weighted by Gasteiger charge is -2.20. The maximum absolute atomic E-state index is 12.3. The minimum absolute atomic E-state index is 0.107. The zero-order chi connectivity index (χ0) is 15.2. The van der Waals surface area contributed by atoms with E-state index in [2.05, 4.69) is 15.9 Å². The summed E-state index contributed by atoms with van der Waals surface area (Å²) in [4.78, 5) is 16.2. The summed E-state index contributed by atoms with van der Waals surface area (Å²) in [6.45, 7) is 3.32. The molecule has 1 heterocycles. The molecule has 0 aliphatic heterocycles. The van der Waals surface area contributed by atoms with E-state index < -0.39 is 0 Å². The third kappa shape index (κ3) is 5.05. The van der Waals surface area contributed by atoms with Gasteiger partial charge in [0.2, 0.25) is 5.91 Å². The molecule has 0 saturated heterocycles. The Labute approximate surface area is 141 Å². The standard InChI is InChI=1S/C15H16BrNO2S2/c1-2-17(9-13-6-7-14(16)21-13)15(19)10-20-12-5-3-4-11(18)8-12/h3-8,18H,2,9-10H2,1H3. The Morgan fingerprint density at radius 2 is 2.19 bits per heavy atom. The summed E-state index contributed by atoms with van der Waals surface area (Å²) in [5.41, 5.74) is 0. The summed E-state index contributed by atoms with van der Waals surface area (Å²) in [6, 6.07) is 11.0. The molecule has 0 aliphatic carbocycles. The van der Waals surface area contributed by atoms with Gasteiger partial charge in [0.25, 0.3) is 0 Å². The highest BCUT2D eigenvalue weighted by Crippen LogP contribution is 2.25. The van der Waals surface area contributed by atoms with Gasteiger partial charge in [-0.25, -0.2) is 0 Å². The monoisotopic (exact) mass is 385 g/mol. The number of thioether (sulfide) groups is 1. The zero-order valence-electron chi connectivity index (χ0n) is 11.6. The van der Waals surface area contributed by atoms with Crippen molar-refractivity contribution in [3.63, 3.8) is 0 Å². The highest BCUT2D eigenvalue weighted by atomic mass is 79.9. The Hall–Kier alpha value is -0.980. The Bertz CT molecular complexity index is 615. The molecule has 2 rings (SSSR count). The highest BCUT2D eigenvalue weighted by molar-refractivity contribution is 9.11. The number of nitrogens with zero attached hydrogens (tertiary/aromatic N) is 1. The molecule has 112 valence electrons. The zero-order valence-corrected chi connectivity index (χ0v) is 14.8. The third-order valence-corrected chi connectivity index (χ3v) is 5.48. The van der Waals surface area contributed by atoms with Crippen LogP contribution in [0, 0.1) is 0 Å². The summed E-state index contributed by atoms with van der Waals surface area (Å²) in [5, 5.41) is 9.42. The van der Waals surface area contributed by atoms with Gasteiger partial charge < -0.3 is 10.0 Å². The van der Waals surface area contributed by atoms with Crippen LogP contribution in [0.4, 0.5) is 0 Å². The van der Waals surface area contributed by atoms with Gasteiger partial charge in [-0.3, -0.25) is 4.79 Å². The number of carbonyl (C=O) groups is 1. The maximum Gasteiger partial charge on any atom is 0.233 e. The van der Waals surface area contributed by atoms with Crippen LogP contribution >= 0.6 is 39.0 Å². The van der Waals surface area contributed by atoms with Crippen LogP contribution in [0.2, 0.25) is 0 Å². The van der Waals surface area contributed by atoms with Gasteiger partial charge in [-0.1, -0.05) is 6.07 Å². The van der Waals surface area contributed by atoms with Crippen LogP contribution in [0.3, 0.4) is 0 Å². The molecule has 1 N–H and O–H groups in total. The SMILES string of the molecule is CCN(Cc1ccc(Br)s1)C(=O)CSc1cccc(O)c1. The predicted molar refractivity (Wildman–Crippen MR) is 91.9 cm³/mol. The number of halogens is 1. The molecular weight excluding hydrogens is 370 g/mol. The molecule has 2 aromatic rings. The van der Waals surface area contributed by atoms with Gasteiger partial charge in [-0.05, 0) is 53.2 Å². The van der Waals surface area contributed by atoms with Crippen LogP contribution in [0.5, 0.6) is 5.75 Å². The molecule has 21 heavy (non-hydrogen) atoms. The Kier molecular flexibility index (Phi) is 6.14. The topological polar surface area (TPSA) is 40.5 Å². The fraction of sp³-hybridized carbons (Fsp3) is 0.267. The normalized spacial score (nSPS) is 10.6. The van der Waals surface area contributed by atoms with E-state index in [1.54, 1.807) is 29.5 Å². The number of amides is 1. The quantitative estimate of drug-likeness (QED) is 0.750. The fourth-order valence-corrected chi connectivity index (χ4v) is 4.16. The molecule has 6 heteroatoms. The van der Waals surface area contributed by atoms with Crippen molar-refractivity contribution in [1.29, 1.82) is 0 Å². The number of carbonyl (C=O) groups excluding carboxylic acids is 1. The van der Waals surface area contributed by atoms with Crippen molar-refractivity contribution in [2.45, 2.75) is 18.4 Å². The second-order valence-electron chi connectivity index (χ2n) is 4.40. The molecule has 0 fully saturated rings. The minimum atomic E-state index is 0.107. The fourth-order valence-electron chi connectivity index (χ4n) is 1.81. The largest absolute Gasteiger partial charge is 0.508 e. The first-order valence-corrected chi connectivity index (χ1v) is 9.12. The molecule has 0 spiro atoms. The average molecular weight is 386 g/mol. The van der Waals surface area contributed by atoms with E-state index in [-0.39, 0.29) is 11.7 Å². The van der Waals surface area contributed by atoms with E-state index >= 15 is 0 Å². The van der Waals surface area contributed by atoms with Gasteiger partial charge in [0.1, 0.15) is 5.75 Å². The first kappa shape index (κ1) is 16.4. The van der Waals surface area contributed by atoms with Crippen LogP contribution in [0.15, 0.2) is 45.1 Å². The molecule has 0 saturated carbocycles. The maximum atomic E-state index is 12.3. The first-order chi connectivity index (χ1) is 10.1. The highest BCUT2D eigenvalue weighted by Gasteiger charge is 2.13. The summed E-state index contributed by atoms with van der Waals surface area (Å²) in [6.07, 6.45) is 0. The van der Waals surface area contributed by atoms with Crippen molar-refractivity contribution >= 4 is 44.9 Å². The molecule has 0 radical (unpaired) electrons. The summed E-state index contributed by atoms with van der Waals surface area (Å²) in [5.74, 6) is 0.711. The Morgan fingerprint density at radius 3 is 2.81 bits per heavy atom. The number of hydrogen-bond acceptors (Lipinski definition) is 4. The van der Waals surface area contributed by atoms with Crippen molar-refractivity contribution in [2.75, 3.05) is 12.3 Å². The van der Waals surface area contributed by atoms with E-state index in [0.717, 1.165) is 8.68 Å². The number of phenols is 1. The molecular formula is C15H16BrNO2S2. The van der Waals surface area contributed by atoms with Gasteiger partial charge >= 0.3 is 0 Å². The Balaban J connectivity index is 1.91. The Morgan fingerprint density at radius 1 is 1.38 bits per heavy atom. The molecule has 0 aliphatic rings. The van der Waals surface area contributed by atoms with Gasteiger partial charge in [-0.2, -0.15) is 0 Å². The number of aromatic hydroxyl groups is 1. The lowest BCUT2D eigenvalue weighted by atomic mass is 10.3. The van der Waals surface area contributed by atoms with E-state index in [0.29, 0.717) is 18.8 Å². The van der Waals surface area contributed by atoms with Crippen molar-refractivity contribution in [1.82, 2.24) is 4.90 Å². The van der Waals surface area contributed by atoms with E-state index in [4.69, 9.17) is 0 Å². The number of rotatable bonds is 6. The van der Waals surface area contributed by atoms with Crippen LogP contribution in [-0.2, 0) is 11.3 Å². The molecule has 0 atom stereocenters. The van der Waals surface area contributed by atoms with Crippen LogP contribution in [0.25, 0.3) is 0 Å². The van der Waals surface area contributed by atoms with E-state index in [9.17, 15) is 9.90 Å². The number of thiophene rings is 1. The summed E-state index contributed by atoms with van der Waals surface area (Å²) >= 11 is 6.53. The average Bonchev–Trinajstić information content (AvgIpc) is 2.87. The van der Waals surface area contributed by atoms with Crippen LogP contribution < -0.4 is 0 Å². The van der Waals surface area contributed by atoms with Crippen molar-refractivity contribution < 1.29 is 9.90 Å². The number of phenolic OH excluding ortho intramolecular Hbond substituents is 1. The third-order valence-electron chi connectivity index (χ3n) is 2.89. The van der Waals surface area contributed by atoms with Gasteiger partial charge in [0.15, 0.2) is 0 Å². The molecule has 1 amide bonds. The summed E-state index contributed by atoms with van der Waals surface area (Å²) < 4.78 is 1.08. The number of benzene rings is 1. The number of hydrogen-bond donors (Lipinski definition) is 1. The second kappa shape index (κ2) is 7.87. The molecule has 1 aromatic heterocycles. The smallest absolute Gasteiger partial charge is 0.233 e. The van der Waals surface area contributed by atoms with Gasteiger partial charge in [0, 0.05) is 16.3 Å². The van der Waals surface area contributed by atoms with Crippen molar-refractivity contribution in [3.05, 3.63) is 45.1 Å². The van der Waals surface area contributed by atoms with Crippen LogP contribution in [-0.4, -0.2) is 28.2 Å². The molecule has 0 unspecified atom stereocenters. The lowest BCUT2D eigenvalue weighted by Crippen LogP contribution is -2.31. The summed E-state index contributed by atoms with van der Waals surface area (Å²) in [7, 11) is 0. The molecule has 0 bridgehead atoms. The van der Waals surface area contributed by atoms with E-state index in [1.165, 1.54) is 16.6 Å². The predicted octanol–water partition coefficient (Wildman–Crippen LogP) is 4.36. The minimum Gasteiger partial charge on any atom is -0.508 e. The first-order valence-electron chi connectivity index (χ1n) is 6.52. The van der Waals surface area contributed by atoms with Crippen molar-refractivity contribution in [2.24, 2.45) is 0 Å². The lowest BCUT2D eigenvalue weighted by molar-refractivity contribution is -0.128. The van der Waals surface area contributed by atoms with Crippen LogP contribution in [0.1, 0.15) is 11.8 Å². The molecule has 3 nitrogen and oxygen atoms in total. The second-order valence-corrected chi connectivity index (χ2v) is 8.00. The van der Waals surface area contributed by atoms with Crippen molar-refractivity contribution in [3.8, 4) is 5.75 Å².